The third-order valence-corrected chi connectivity index (χ3v) is 3.12. The molecule has 1 aromatic rings. The Morgan fingerprint density at radius 3 is 2.64 bits per heavy atom. The minimum atomic E-state index is 0.153. The summed E-state index contributed by atoms with van der Waals surface area (Å²) < 4.78 is 0.674. The van der Waals surface area contributed by atoms with Crippen LogP contribution in [0.15, 0.2) is 21.6 Å². The molecule has 1 aromatic carbocycles. The molecule has 0 saturated carbocycles. The molecule has 0 bridgehead atoms. The Hall–Kier alpha value is 0.0400. The summed E-state index contributed by atoms with van der Waals surface area (Å²) >= 11 is 20.5. The van der Waals surface area contributed by atoms with Crippen LogP contribution < -0.4 is 5.73 Å². The summed E-state index contributed by atoms with van der Waals surface area (Å²) in [5.74, 6) is 0.447. The van der Waals surface area contributed by atoms with Crippen molar-refractivity contribution >= 4 is 62.3 Å². The van der Waals surface area contributed by atoms with E-state index in [0.717, 1.165) is 0 Å². The maximum Gasteiger partial charge on any atom is 0.115 e. The Morgan fingerprint density at radius 1 is 1.43 bits per heavy atom. The molecule has 0 unspecified atom stereocenters. The van der Waals surface area contributed by atoms with Crippen LogP contribution in [0.2, 0.25) is 10.0 Å². The fourth-order valence-electron chi connectivity index (χ4n) is 0.808. The number of halogens is 4. The van der Waals surface area contributed by atoms with Gasteiger partial charge in [-0.3, -0.25) is 0 Å². The third kappa shape index (κ3) is 3.02. The first-order valence-corrected chi connectivity index (χ1v) is 5.66. The number of hydrogen-bond acceptors (Lipinski definition) is 1. The Labute approximate surface area is 105 Å². The summed E-state index contributed by atoms with van der Waals surface area (Å²) in [5, 5.41) is 0.991. The molecule has 0 fully saturated rings. The van der Waals surface area contributed by atoms with E-state index in [1.807, 2.05) is 0 Å². The van der Waals surface area contributed by atoms with Gasteiger partial charge in [-0.1, -0.05) is 23.2 Å². The van der Waals surface area contributed by atoms with Crippen molar-refractivity contribution in [1.82, 2.24) is 0 Å². The molecule has 2 nitrogen and oxygen atoms in total. The molecule has 76 valence electrons. The van der Waals surface area contributed by atoms with Crippen molar-refractivity contribution in [3.63, 3.8) is 0 Å². The molecule has 1 rings (SSSR count). The molecular formula is C8H6BrCl3N2. The summed E-state index contributed by atoms with van der Waals surface area (Å²) in [4.78, 5) is 4.01. The predicted octanol–water partition coefficient (Wildman–Crippen LogP) is 3.98. The first-order valence-electron chi connectivity index (χ1n) is 3.58. The summed E-state index contributed by atoms with van der Waals surface area (Å²) in [6, 6.07) is 3.30. The van der Waals surface area contributed by atoms with Crippen LogP contribution in [0.3, 0.4) is 0 Å². The van der Waals surface area contributed by atoms with Gasteiger partial charge in [0.25, 0.3) is 0 Å². The molecule has 0 aliphatic carbocycles. The quantitative estimate of drug-likeness (QED) is 0.381. The van der Waals surface area contributed by atoms with Gasteiger partial charge in [-0.2, -0.15) is 0 Å². The first kappa shape index (κ1) is 12.1. The highest BCUT2D eigenvalue weighted by Gasteiger charge is 2.06. The molecule has 0 aliphatic rings. The lowest BCUT2D eigenvalue weighted by Gasteiger charge is -2.02. The second-order valence-corrected chi connectivity index (χ2v) is 4.39. The lowest BCUT2D eigenvalue weighted by molar-refractivity contribution is 1.44. The van der Waals surface area contributed by atoms with E-state index in [1.54, 1.807) is 12.1 Å². The van der Waals surface area contributed by atoms with Crippen LogP contribution in [-0.2, 0) is 0 Å². The van der Waals surface area contributed by atoms with Crippen LogP contribution in [0.1, 0.15) is 0 Å². The van der Waals surface area contributed by atoms with Crippen molar-refractivity contribution in [2.24, 2.45) is 10.7 Å². The van der Waals surface area contributed by atoms with Crippen molar-refractivity contribution in [3.8, 4) is 0 Å². The minimum absolute atomic E-state index is 0.153. The highest BCUT2D eigenvalue weighted by molar-refractivity contribution is 9.10. The smallest absolute Gasteiger partial charge is 0.115 e. The zero-order valence-corrected chi connectivity index (χ0v) is 10.8. The van der Waals surface area contributed by atoms with Crippen molar-refractivity contribution in [1.29, 1.82) is 0 Å². The summed E-state index contributed by atoms with van der Waals surface area (Å²) in [6.07, 6.45) is 0. The van der Waals surface area contributed by atoms with Crippen LogP contribution in [0, 0.1) is 0 Å². The first-order chi connectivity index (χ1) is 6.54. The zero-order chi connectivity index (χ0) is 10.7. The molecule has 0 radical (unpaired) electrons. The standard InChI is InChI=1S/C8H6BrCl3N2/c9-5-1-4(11)2-6(8(5)12)14-7(13)3-10/h1-2H,3H2,(H2,13,14). The van der Waals surface area contributed by atoms with Crippen LogP contribution in [0.4, 0.5) is 5.69 Å². The second-order valence-electron chi connectivity index (χ2n) is 2.46. The maximum atomic E-state index is 5.96. The fraction of sp³-hybridized carbons (Fsp3) is 0.125. The van der Waals surface area contributed by atoms with E-state index in [4.69, 9.17) is 40.5 Å². The van der Waals surface area contributed by atoms with E-state index >= 15 is 0 Å². The van der Waals surface area contributed by atoms with E-state index in [1.165, 1.54) is 0 Å². The number of benzene rings is 1. The highest BCUT2D eigenvalue weighted by atomic mass is 79.9. The van der Waals surface area contributed by atoms with Crippen molar-refractivity contribution in [2.75, 3.05) is 5.88 Å². The highest BCUT2D eigenvalue weighted by Crippen LogP contribution is 2.35. The topological polar surface area (TPSA) is 38.4 Å². The van der Waals surface area contributed by atoms with Gasteiger partial charge in [0.05, 0.1) is 16.6 Å². The SMILES string of the molecule is NC(CCl)=Nc1cc(Cl)cc(Br)c1Cl. The lowest BCUT2D eigenvalue weighted by atomic mass is 10.3. The molecule has 6 heteroatoms. The summed E-state index contributed by atoms with van der Waals surface area (Å²) in [7, 11) is 0. The number of hydrogen-bond donors (Lipinski definition) is 1. The Balaban J connectivity index is 3.21. The van der Waals surface area contributed by atoms with E-state index in [2.05, 4.69) is 20.9 Å². The molecular weight excluding hydrogens is 310 g/mol. The van der Waals surface area contributed by atoms with Gasteiger partial charge in [-0.25, -0.2) is 4.99 Å². The average molecular weight is 316 g/mol. The number of nitrogens with zero attached hydrogens (tertiary/aromatic N) is 1. The molecule has 0 atom stereocenters. The van der Waals surface area contributed by atoms with Gasteiger partial charge in [0.2, 0.25) is 0 Å². The number of alkyl halides is 1. The monoisotopic (exact) mass is 314 g/mol. The summed E-state index contributed by atoms with van der Waals surface area (Å²) in [5.41, 5.74) is 5.98. The predicted molar refractivity (Wildman–Crippen MR) is 66.2 cm³/mol. The van der Waals surface area contributed by atoms with Gasteiger partial charge in [0.15, 0.2) is 0 Å². The van der Waals surface area contributed by atoms with Gasteiger partial charge in [-0.15, -0.1) is 11.6 Å². The van der Waals surface area contributed by atoms with Crippen molar-refractivity contribution in [3.05, 3.63) is 26.7 Å². The molecule has 2 N–H and O–H groups in total. The van der Waals surface area contributed by atoms with Gasteiger partial charge < -0.3 is 5.73 Å². The third-order valence-electron chi connectivity index (χ3n) is 1.37. The average Bonchev–Trinajstić information content (AvgIpc) is 2.13. The second kappa shape index (κ2) is 5.21. The van der Waals surface area contributed by atoms with Crippen molar-refractivity contribution < 1.29 is 0 Å². The number of nitrogens with two attached hydrogens (primary N) is 1. The van der Waals surface area contributed by atoms with Crippen LogP contribution in [0.25, 0.3) is 0 Å². The minimum Gasteiger partial charge on any atom is -0.386 e. The van der Waals surface area contributed by atoms with Crippen LogP contribution >= 0.6 is 50.7 Å². The Kier molecular flexibility index (Phi) is 4.51. The van der Waals surface area contributed by atoms with Gasteiger partial charge in [0, 0.05) is 9.50 Å². The molecule has 0 spiro atoms. The lowest BCUT2D eigenvalue weighted by Crippen LogP contribution is -2.12. The molecule has 14 heavy (non-hydrogen) atoms. The fourth-order valence-corrected chi connectivity index (χ4v) is 1.81. The zero-order valence-electron chi connectivity index (χ0n) is 6.90. The number of aliphatic imine (C=N–C) groups is 1. The van der Waals surface area contributed by atoms with Gasteiger partial charge in [0.1, 0.15) is 5.84 Å². The van der Waals surface area contributed by atoms with E-state index < -0.39 is 0 Å². The maximum absolute atomic E-state index is 5.96. The van der Waals surface area contributed by atoms with Crippen molar-refractivity contribution in [2.45, 2.75) is 0 Å². The molecule has 0 aliphatic heterocycles. The van der Waals surface area contributed by atoms with Crippen LogP contribution in [0.5, 0.6) is 0 Å². The molecule has 0 saturated heterocycles. The number of rotatable bonds is 2. The van der Waals surface area contributed by atoms with Gasteiger partial charge >= 0.3 is 0 Å². The normalized spacial score (nSPS) is 11.9. The van der Waals surface area contributed by atoms with Crippen LogP contribution in [-0.4, -0.2) is 11.7 Å². The molecule has 0 heterocycles. The summed E-state index contributed by atoms with van der Waals surface area (Å²) in [6.45, 7) is 0. The largest absolute Gasteiger partial charge is 0.386 e. The molecule has 0 aromatic heterocycles. The Bertz CT molecular complexity index is 379. The van der Waals surface area contributed by atoms with E-state index in [-0.39, 0.29) is 5.88 Å². The van der Waals surface area contributed by atoms with Gasteiger partial charge in [-0.05, 0) is 28.1 Å². The van der Waals surface area contributed by atoms with E-state index in [9.17, 15) is 0 Å². The number of amidine groups is 1. The Morgan fingerprint density at radius 2 is 2.07 bits per heavy atom. The van der Waals surface area contributed by atoms with E-state index in [0.29, 0.717) is 26.0 Å². The molecule has 0 amide bonds.